The van der Waals surface area contributed by atoms with Crippen molar-refractivity contribution in [3.63, 3.8) is 0 Å². The van der Waals surface area contributed by atoms with Gasteiger partial charge in [-0.05, 0) is 58.9 Å². The zero-order valence-corrected chi connectivity index (χ0v) is 23.8. The number of aryl methyl sites for hydroxylation is 1. The third-order valence-electron chi connectivity index (χ3n) is 7.02. The van der Waals surface area contributed by atoms with Crippen molar-refractivity contribution in [1.29, 1.82) is 0 Å². The summed E-state index contributed by atoms with van der Waals surface area (Å²) >= 11 is 0. The number of rotatable bonds is 15. The van der Waals surface area contributed by atoms with E-state index in [1.54, 1.807) is 6.92 Å². The van der Waals surface area contributed by atoms with Crippen molar-refractivity contribution < 1.29 is 24.1 Å². The summed E-state index contributed by atoms with van der Waals surface area (Å²) < 4.78 is 17.0. The van der Waals surface area contributed by atoms with E-state index in [-0.39, 0.29) is 41.8 Å². The molecular weight excluding hydrogens is 518 g/mol. The van der Waals surface area contributed by atoms with Gasteiger partial charge in [-0.25, -0.2) is 9.97 Å². The summed E-state index contributed by atoms with van der Waals surface area (Å²) in [5.41, 5.74) is 17.6. The van der Waals surface area contributed by atoms with Crippen LogP contribution in [0.25, 0.3) is 0 Å². The van der Waals surface area contributed by atoms with Gasteiger partial charge in [-0.15, -0.1) is 0 Å². The van der Waals surface area contributed by atoms with Crippen LogP contribution in [0.4, 0.5) is 11.6 Å². The van der Waals surface area contributed by atoms with Gasteiger partial charge in [0.05, 0.1) is 37.2 Å². The summed E-state index contributed by atoms with van der Waals surface area (Å²) in [7, 11) is 0. The van der Waals surface area contributed by atoms with Gasteiger partial charge in [0, 0.05) is 32.7 Å². The normalized spacial score (nSPS) is 21.5. The SMILES string of the molecule is Cc1nc(C(=O)NC(N)=NCCCCN2CCC(OCCNCC(O)CCC3COC(C)O3)CC2)c(N)nc1N. The number of nitrogens with one attached hydrogen (secondary N) is 2. The molecule has 0 radical (unpaired) electrons. The van der Waals surface area contributed by atoms with Crippen molar-refractivity contribution in [2.24, 2.45) is 10.7 Å². The number of guanidine groups is 1. The second kappa shape index (κ2) is 16.6. The van der Waals surface area contributed by atoms with Crippen LogP contribution in [0.2, 0.25) is 0 Å². The Morgan fingerprint density at radius 1 is 1.25 bits per heavy atom. The number of aromatic nitrogens is 2. The largest absolute Gasteiger partial charge is 0.392 e. The number of amides is 1. The van der Waals surface area contributed by atoms with E-state index in [9.17, 15) is 9.90 Å². The molecule has 1 amide bonds. The summed E-state index contributed by atoms with van der Waals surface area (Å²) in [6.07, 6.45) is 5.20. The Morgan fingerprint density at radius 3 is 2.75 bits per heavy atom. The molecule has 2 fully saturated rings. The van der Waals surface area contributed by atoms with Gasteiger partial charge in [-0.1, -0.05) is 0 Å². The number of unbranched alkanes of at least 4 members (excludes halogenated alkanes) is 1. The van der Waals surface area contributed by atoms with E-state index in [4.69, 9.17) is 31.4 Å². The fourth-order valence-corrected chi connectivity index (χ4v) is 4.66. The summed E-state index contributed by atoms with van der Waals surface area (Å²) in [5.74, 6) is -0.420. The number of carbonyl (C=O) groups is 1. The summed E-state index contributed by atoms with van der Waals surface area (Å²) in [6.45, 7) is 9.58. The number of anilines is 2. The zero-order chi connectivity index (χ0) is 28.9. The molecule has 3 heterocycles. The lowest BCUT2D eigenvalue weighted by atomic mass is 10.1. The van der Waals surface area contributed by atoms with Crippen molar-refractivity contribution in [3.05, 3.63) is 11.4 Å². The average molecular weight is 566 g/mol. The number of ether oxygens (including phenoxy) is 3. The van der Waals surface area contributed by atoms with Gasteiger partial charge in [0.15, 0.2) is 23.8 Å². The molecule has 3 atom stereocenters. The molecule has 0 spiro atoms. The molecule has 0 aliphatic carbocycles. The zero-order valence-electron chi connectivity index (χ0n) is 23.8. The van der Waals surface area contributed by atoms with E-state index in [2.05, 4.69) is 30.5 Å². The minimum Gasteiger partial charge on any atom is -0.392 e. The molecule has 1 aromatic heterocycles. The number of hydrogen-bond donors (Lipinski definition) is 6. The van der Waals surface area contributed by atoms with E-state index in [0.717, 1.165) is 58.3 Å². The number of aliphatic hydroxyl groups is 1. The summed E-state index contributed by atoms with van der Waals surface area (Å²) in [4.78, 5) is 27.0. The average Bonchev–Trinajstić information content (AvgIpc) is 3.34. The van der Waals surface area contributed by atoms with E-state index in [1.807, 2.05) is 6.92 Å². The van der Waals surface area contributed by atoms with Crippen molar-refractivity contribution >= 4 is 23.5 Å². The van der Waals surface area contributed by atoms with Crippen LogP contribution in [0.5, 0.6) is 0 Å². The Labute approximate surface area is 236 Å². The van der Waals surface area contributed by atoms with Crippen molar-refractivity contribution in [2.75, 3.05) is 63.9 Å². The third-order valence-corrected chi connectivity index (χ3v) is 7.02. The standard InChI is InChI=1S/C26H47N9O5/c1-17-23(27)33-24(28)22(32-17)25(37)34-26(29)31-9-3-4-11-35-12-7-20(8-13-35)38-14-10-30-15-19(36)5-6-21-16-39-18(2)40-21/h18-21,30,36H,3-16H2,1-2H3,(H4,27,28,33)(H3,29,31,34,37). The van der Waals surface area contributed by atoms with Crippen LogP contribution >= 0.6 is 0 Å². The molecule has 3 rings (SSSR count). The molecule has 0 aromatic carbocycles. The number of aliphatic imine (C=N–C) groups is 1. The molecule has 1 aromatic rings. The van der Waals surface area contributed by atoms with E-state index >= 15 is 0 Å². The van der Waals surface area contributed by atoms with E-state index in [1.165, 1.54) is 0 Å². The maximum absolute atomic E-state index is 12.3. The fraction of sp³-hybridized carbons (Fsp3) is 0.769. The Bertz CT molecular complexity index is 959. The molecule has 0 saturated carbocycles. The lowest BCUT2D eigenvalue weighted by Crippen LogP contribution is -2.39. The van der Waals surface area contributed by atoms with Crippen molar-refractivity contribution in [3.8, 4) is 0 Å². The molecule has 2 saturated heterocycles. The highest BCUT2D eigenvalue weighted by Gasteiger charge is 2.23. The molecule has 2 aliphatic rings. The Balaban J connectivity index is 1.17. The maximum Gasteiger partial charge on any atom is 0.280 e. The van der Waals surface area contributed by atoms with Gasteiger partial charge in [0.25, 0.3) is 5.91 Å². The molecule has 3 unspecified atom stereocenters. The van der Waals surface area contributed by atoms with Crippen LogP contribution in [0, 0.1) is 6.92 Å². The summed E-state index contributed by atoms with van der Waals surface area (Å²) in [6, 6.07) is 0. The van der Waals surface area contributed by atoms with E-state index in [0.29, 0.717) is 38.4 Å². The maximum atomic E-state index is 12.3. The number of hydrogen-bond acceptors (Lipinski definition) is 12. The summed E-state index contributed by atoms with van der Waals surface area (Å²) in [5, 5.41) is 15.9. The van der Waals surface area contributed by atoms with Crippen molar-refractivity contribution in [2.45, 2.75) is 77.0 Å². The third kappa shape index (κ3) is 11.1. The lowest BCUT2D eigenvalue weighted by Gasteiger charge is -2.31. The predicted molar refractivity (Wildman–Crippen MR) is 153 cm³/mol. The molecule has 226 valence electrons. The van der Waals surface area contributed by atoms with Crippen LogP contribution in [-0.2, 0) is 14.2 Å². The molecular formula is C26H47N9O5. The minimum atomic E-state index is -0.566. The second-order valence-electron chi connectivity index (χ2n) is 10.4. The molecule has 2 aliphatic heterocycles. The minimum absolute atomic E-state index is 0.0195. The van der Waals surface area contributed by atoms with E-state index < -0.39 is 12.0 Å². The molecule has 9 N–H and O–H groups in total. The molecule has 14 nitrogen and oxygen atoms in total. The predicted octanol–water partition coefficient (Wildman–Crippen LogP) is -0.253. The van der Waals surface area contributed by atoms with Crippen molar-refractivity contribution in [1.82, 2.24) is 25.5 Å². The first-order chi connectivity index (χ1) is 19.2. The highest BCUT2D eigenvalue weighted by Crippen LogP contribution is 2.16. The number of carbonyl (C=O) groups excluding carboxylic acids is 1. The first-order valence-corrected chi connectivity index (χ1v) is 14.2. The fourth-order valence-electron chi connectivity index (χ4n) is 4.66. The Morgan fingerprint density at radius 2 is 2.02 bits per heavy atom. The van der Waals surface area contributed by atoms with Crippen LogP contribution in [-0.4, -0.2) is 109 Å². The molecule has 14 heteroatoms. The van der Waals surface area contributed by atoms with Gasteiger partial charge in [0.2, 0.25) is 0 Å². The number of nitrogens with two attached hydrogens (primary N) is 3. The molecule has 0 bridgehead atoms. The number of likely N-dealkylation sites (tertiary alicyclic amines) is 1. The van der Waals surface area contributed by atoms with Crippen LogP contribution in [0.1, 0.15) is 61.6 Å². The number of aliphatic hydroxyl groups excluding tert-OH is 1. The topological polar surface area (TPSA) is 208 Å². The van der Waals surface area contributed by atoms with Gasteiger partial charge >= 0.3 is 0 Å². The van der Waals surface area contributed by atoms with Crippen LogP contribution in [0.3, 0.4) is 0 Å². The van der Waals surface area contributed by atoms with Gasteiger partial charge < -0.3 is 46.7 Å². The van der Waals surface area contributed by atoms with Gasteiger partial charge in [0.1, 0.15) is 5.82 Å². The highest BCUT2D eigenvalue weighted by atomic mass is 16.7. The Kier molecular flexibility index (Phi) is 13.2. The second-order valence-corrected chi connectivity index (χ2v) is 10.4. The number of nitrogen functional groups attached to an aromatic ring is 2. The Hall–Kier alpha value is -2.62. The first-order valence-electron chi connectivity index (χ1n) is 14.2. The van der Waals surface area contributed by atoms with Gasteiger partial charge in [-0.3, -0.25) is 15.1 Å². The first kappa shape index (κ1) is 31.9. The van der Waals surface area contributed by atoms with Crippen LogP contribution in [0.15, 0.2) is 4.99 Å². The highest BCUT2D eigenvalue weighted by molar-refractivity contribution is 6.06. The number of piperidine rings is 1. The lowest BCUT2D eigenvalue weighted by molar-refractivity contribution is -0.0449. The quantitative estimate of drug-likeness (QED) is 0.0924. The molecule has 40 heavy (non-hydrogen) atoms. The number of nitrogens with zero attached hydrogens (tertiary/aromatic N) is 4. The van der Waals surface area contributed by atoms with Gasteiger partial charge in [-0.2, -0.15) is 0 Å². The smallest absolute Gasteiger partial charge is 0.280 e. The monoisotopic (exact) mass is 565 g/mol. The van der Waals surface area contributed by atoms with Crippen LogP contribution < -0.4 is 27.8 Å².